The Bertz CT molecular complexity index is 762. The molecule has 1 aliphatic rings. The number of rotatable bonds is 6. The van der Waals surface area contributed by atoms with Gasteiger partial charge >= 0.3 is 0 Å². The monoisotopic (exact) mass is 331 g/mol. The van der Waals surface area contributed by atoms with Crippen LogP contribution >= 0.6 is 0 Å². The maximum absolute atomic E-state index is 12.9. The Hall–Kier alpha value is -2.01. The van der Waals surface area contributed by atoms with Gasteiger partial charge < -0.3 is 18.8 Å². The van der Waals surface area contributed by atoms with E-state index in [1.165, 1.54) is 25.7 Å². The van der Waals surface area contributed by atoms with E-state index in [1.54, 1.807) is 32.0 Å². The molecule has 0 spiro atoms. The molecule has 0 saturated heterocycles. The number of hydrogen-bond acceptors (Lipinski definition) is 4. The molecule has 1 atom stereocenters. The number of methoxy groups -OCH3 is 3. The largest absolute Gasteiger partial charge is 0.493 e. The minimum absolute atomic E-state index is 0.0199. The van der Waals surface area contributed by atoms with Crippen molar-refractivity contribution < 1.29 is 14.2 Å². The van der Waals surface area contributed by atoms with Gasteiger partial charge in [0, 0.05) is 13.3 Å². The van der Waals surface area contributed by atoms with E-state index in [0.717, 1.165) is 5.39 Å². The van der Waals surface area contributed by atoms with Crippen LogP contribution in [0, 0.1) is 5.92 Å². The molecule has 0 aliphatic heterocycles. The third-order valence-corrected chi connectivity index (χ3v) is 5.09. The molecule has 0 radical (unpaired) electrons. The number of nitrogens with zero attached hydrogens (tertiary/aromatic N) is 1. The second-order valence-corrected chi connectivity index (χ2v) is 6.39. The molecule has 5 nitrogen and oxygen atoms in total. The summed E-state index contributed by atoms with van der Waals surface area (Å²) < 4.78 is 18.1. The summed E-state index contributed by atoms with van der Waals surface area (Å²) in [6, 6.07) is 5.54. The van der Waals surface area contributed by atoms with Gasteiger partial charge in [-0.15, -0.1) is 0 Å². The molecule has 130 valence electrons. The van der Waals surface area contributed by atoms with Gasteiger partial charge in [-0.25, -0.2) is 0 Å². The Morgan fingerprint density at radius 1 is 1.12 bits per heavy atom. The zero-order valence-electron chi connectivity index (χ0n) is 14.6. The van der Waals surface area contributed by atoms with Crippen LogP contribution in [0.15, 0.2) is 29.2 Å². The van der Waals surface area contributed by atoms with Gasteiger partial charge in [0.25, 0.3) is 5.56 Å². The summed E-state index contributed by atoms with van der Waals surface area (Å²) in [6.45, 7) is 0.588. The molecule has 3 rings (SSSR count). The number of hydrogen-bond donors (Lipinski definition) is 0. The van der Waals surface area contributed by atoms with Gasteiger partial charge in [-0.05, 0) is 42.3 Å². The Morgan fingerprint density at radius 2 is 1.79 bits per heavy atom. The average Bonchev–Trinajstić information content (AvgIpc) is 3.14. The lowest BCUT2D eigenvalue weighted by molar-refractivity contribution is 0.0401. The van der Waals surface area contributed by atoms with Crippen molar-refractivity contribution in [2.24, 2.45) is 5.92 Å². The predicted octanol–water partition coefficient (Wildman–Crippen LogP) is 3.22. The molecule has 1 heterocycles. The average molecular weight is 331 g/mol. The van der Waals surface area contributed by atoms with E-state index in [9.17, 15) is 4.79 Å². The Labute approximate surface area is 142 Å². The summed E-state index contributed by atoms with van der Waals surface area (Å²) in [4.78, 5) is 12.9. The summed E-state index contributed by atoms with van der Waals surface area (Å²) in [5.74, 6) is 1.74. The summed E-state index contributed by atoms with van der Waals surface area (Å²) in [5, 5.41) is 1.49. The smallest absolute Gasteiger partial charge is 0.258 e. The predicted molar refractivity (Wildman–Crippen MR) is 94.1 cm³/mol. The second-order valence-electron chi connectivity index (χ2n) is 6.39. The van der Waals surface area contributed by atoms with E-state index in [1.807, 2.05) is 18.3 Å². The molecule has 24 heavy (non-hydrogen) atoms. The topological polar surface area (TPSA) is 49.7 Å². The number of aromatic nitrogens is 1. The summed E-state index contributed by atoms with van der Waals surface area (Å²) in [5.41, 5.74) is -0.0199. The summed E-state index contributed by atoms with van der Waals surface area (Å²) >= 11 is 0. The highest BCUT2D eigenvalue weighted by Crippen LogP contribution is 2.31. The quantitative estimate of drug-likeness (QED) is 0.815. The van der Waals surface area contributed by atoms with E-state index in [4.69, 9.17) is 14.2 Å². The molecule has 1 fully saturated rings. The third kappa shape index (κ3) is 3.13. The van der Waals surface area contributed by atoms with Crippen LogP contribution in [0.1, 0.15) is 25.7 Å². The van der Waals surface area contributed by atoms with Gasteiger partial charge in [0.05, 0.1) is 32.3 Å². The van der Waals surface area contributed by atoms with Crippen LogP contribution in [0.4, 0.5) is 0 Å². The first-order chi connectivity index (χ1) is 11.7. The highest BCUT2D eigenvalue weighted by atomic mass is 16.5. The van der Waals surface area contributed by atoms with Crippen LogP contribution < -0.4 is 15.0 Å². The number of pyridine rings is 1. The lowest BCUT2D eigenvalue weighted by Gasteiger charge is -2.23. The highest BCUT2D eigenvalue weighted by molar-refractivity contribution is 5.85. The van der Waals surface area contributed by atoms with Crippen LogP contribution in [-0.2, 0) is 11.3 Å². The molecule has 1 aromatic carbocycles. The Kier molecular flexibility index (Phi) is 5.09. The summed E-state index contributed by atoms with van der Waals surface area (Å²) in [7, 11) is 4.91. The highest BCUT2D eigenvalue weighted by Gasteiger charge is 2.25. The molecule has 1 unspecified atom stereocenters. The fourth-order valence-electron chi connectivity index (χ4n) is 3.69. The second kappa shape index (κ2) is 7.26. The van der Waals surface area contributed by atoms with E-state index in [2.05, 4.69) is 0 Å². The number of fused-ring (bicyclic) bond motifs is 1. The van der Waals surface area contributed by atoms with Gasteiger partial charge in [-0.2, -0.15) is 0 Å². The van der Waals surface area contributed by atoms with Crippen molar-refractivity contribution in [3.63, 3.8) is 0 Å². The molecular formula is C19H25NO4. The standard InChI is InChI=1S/C19H25NO4/c1-22-16-10-14-8-9-20(19(21)15(14)11-17(16)23-2)12-18(24-3)13-6-4-5-7-13/h8-11,13,18H,4-7,12H2,1-3H3. The van der Waals surface area contributed by atoms with Crippen LogP contribution in [0.3, 0.4) is 0 Å². The lowest BCUT2D eigenvalue weighted by atomic mass is 10.0. The lowest BCUT2D eigenvalue weighted by Crippen LogP contribution is -2.31. The van der Waals surface area contributed by atoms with Crippen molar-refractivity contribution in [1.29, 1.82) is 0 Å². The Balaban J connectivity index is 1.97. The maximum atomic E-state index is 12.9. The van der Waals surface area contributed by atoms with Crippen molar-refractivity contribution >= 4 is 10.8 Å². The zero-order valence-corrected chi connectivity index (χ0v) is 14.6. The molecule has 1 aliphatic carbocycles. The fraction of sp³-hybridized carbons (Fsp3) is 0.526. The molecule has 0 N–H and O–H groups in total. The molecule has 2 aromatic rings. The first kappa shape index (κ1) is 16.8. The first-order valence-corrected chi connectivity index (χ1v) is 8.46. The number of ether oxygens (including phenoxy) is 3. The van der Waals surface area contributed by atoms with Crippen molar-refractivity contribution in [2.45, 2.75) is 38.3 Å². The van der Waals surface area contributed by atoms with Gasteiger partial charge in [0.1, 0.15) is 0 Å². The van der Waals surface area contributed by atoms with Gasteiger partial charge in [-0.1, -0.05) is 12.8 Å². The maximum Gasteiger partial charge on any atom is 0.258 e. The molecule has 1 aromatic heterocycles. The van der Waals surface area contributed by atoms with E-state index < -0.39 is 0 Å². The van der Waals surface area contributed by atoms with Crippen LogP contribution in [-0.4, -0.2) is 32.0 Å². The minimum Gasteiger partial charge on any atom is -0.493 e. The van der Waals surface area contributed by atoms with Gasteiger partial charge in [-0.3, -0.25) is 4.79 Å². The molecule has 0 bridgehead atoms. The van der Waals surface area contributed by atoms with Crippen LogP contribution in [0.2, 0.25) is 0 Å². The molecular weight excluding hydrogens is 306 g/mol. The normalized spacial score (nSPS) is 16.5. The van der Waals surface area contributed by atoms with Crippen LogP contribution in [0.5, 0.6) is 11.5 Å². The molecule has 5 heteroatoms. The first-order valence-electron chi connectivity index (χ1n) is 8.46. The van der Waals surface area contributed by atoms with Crippen molar-refractivity contribution in [1.82, 2.24) is 4.57 Å². The molecule has 0 amide bonds. The SMILES string of the molecule is COc1cc2ccn(CC(OC)C3CCCC3)c(=O)c2cc1OC. The van der Waals surface area contributed by atoms with Gasteiger partial charge in [0.2, 0.25) is 0 Å². The van der Waals surface area contributed by atoms with E-state index in [-0.39, 0.29) is 11.7 Å². The third-order valence-electron chi connectivity index (χ3n) is 5.09. The van der Waals surface area contributed by atoms with Crippen molar-refractivity contribution in [3.8, 4) is 11.5 Å². The summed E-state index contributed by atoms with van der Waals surface area (Å²) in [6.07, 6.45) is 6.82. The van der Waals surface area contributed by atoms with Crippen molar-refractivity contribution in [3.05, 3.63) is 34.7 Å². The van der Waals surface area contributed by atoms with Crippen LogP contribution in [0.25, 0.3) is 10.8 Å². The molecule has 1 saturated carbocycles. The minimum atomic E-state index is -0.0199. The number of benzene rings is 1. The van der Waals surface area contributed by atoms with E-state index >= 15 is 0 Å². The van der Waals surface area contributed by atoms with E-state index in [0.29, 0.717) is 29.3 Å². The Morgan fingerprint density at radius 3 is 2.42 bits per heavy atom. The van der Waals surface area contributed by atoms with Crippen molar-refractivity contribution in [2.75, 3.05) is 21.3 Å². The fourth-order valence-corrected chi connectivity index (χ4v) is 3.69. The van der Waals surface area contributed by atoms with Gasteiger partial charge in [0.15, 0.2) is 11.5 Å². The zero-order chi connectivity index (χ0) is 17.1.